The van der Waals surface area contributed by atoms with Gasteiger partial charge in [-0.3, -0.25) is 0 Å². The molecule has 2 heteroatoms. The molecule has 13 heavy (non-hydrogen) atoms. The summed E-state index contributed by atoms with van der Waals surface area (Å²) in [7, 11) is 2.06. The summed E-state index contributed by atoms with van der Waals surface area (Å²) in [6.07, 6.45) is 2.08. The first-order chi connectivity index (χ1) is 6.31. The van der Waals surface area contributed by atoms with E-state index in [1.54, 1.807) is 0 Å². The van der Waals surface area contributed by atoms with Crippen LogP contribution in [0.5, 0.6) is 0 Å². The monoisotopic (exact) mass is 174 g/mol. The van der Waals surface area contributed by atoms with E-state index in [0.29, 0.717) is 0 Å². The van der Waals surface area contributed by atoms with Gasteiger partial charge < -0.3 is 9.88 Å². The predicted molar refractivity (Wildman–Crippen MR) is 57.1 cm³/mol. The van der Waals surface area contributed by atoms with E-state index in [2.05, 4.69) is 54.3 Å². The first kappa shape index (κ1) is 8.17. The van der Waals surface area contributed by atoms with Gasteiger partial charge in [0.05, 0.1) is 0 Å². The number of rotatable bonds is 2. The maximum atomic E-state index is 3.30. The number of benzene rings is 1. The maximum Gasteiger partial charge on any atom is 0.0479 e. The Morgan fingerprint density at radius 1 is 1.31 bits per heavy atom. The molecule has 0 saturated heterocycles. The van der Waals surface area contributed by atoms with Crippen molar-refractivity contribution >= 4 is 16.6 Å². The quantitative estimate of drug-likeness (QED) is 0.740. The van der Waals surface area contributed by atoms with Gasteiger partial charge in [-0.1, -0.05) is 0 Å². The van der Waals surface area contributed by atoms with E-state index < -0.39 is 0 Å². The number of nitrogens with one attached hydrogen (secondary N) is 1. The smallest absolute Gasteiger partial charge is 0.0479 e. The second kappa shape index (κ2) is 3.13. The first-order valence-corrected chi connectivity index (χ1v) is 4.60. The lowest BCUT2D eigenvalue weighted by molar-refractivity contribution is 0.969. The molecule has 0 fully saturated rings. The third kappa shape index (κ3) is 1.39. The summed E-state index contributed by atoms with van der Waals surface area (Å²) in [5.41, 5.74) is 2.47. The van der Waals surface area contributed by atoms with E-state index in [1.807, 2.05) is 0 Å². The second-order valence-electron chi connectivity index (χ2n) is 3.23. The molecule has 0 unspecified atom stereocenters. The maximum absolute atomic E-state index is 3.30. The molecule has 0 aliphatic carbocycles. The van der Waals surface area contributed by atoms with E-state index in [4.69, 9.17) is 0 Å². The number of aryl methyl sites for hydroxylation is 1. The molecule has 0 bridgehead atoms. The van der Waals surface area contributed by atoms with E-state index >= 15 is 0 Å². The topological polar surface area (TPSA) is 17.0 Å². The molecule has 1 N–H and O–H groups in total. The standard InChI is InChI=1S/C11H14N2/c1-3-12-10-4-5-11-9(8-10)6-7-13(11)2/h4-8,12H,3H2,1-2H3. The molecule has 0 atom stereocenters. The van der Waals surface area contributed by atoms with Crippen LogP contribution in [0.4, 0.5) is 5.69 Å². The fraction of sp³-hybridized carbons (Fsp3) is 0.273. The van der Waals surface area contributed by atoms with Crippen molar-refractivity contribution in [1.82, 2.24) is 4.57 Å². The number of nitrogens with zero attached hydrogens (tertiary/aromatic N) is 1. The molecular formula is C11H14N2. The lowest BCUT2D eigenvalue weighted by Gasteiger charge is -2.03. The van der Waals surface area contributed by atoms with Crippen molar-refractivity contribution in [1.29, 1.82) is 0 Å². The van der Waals surface area contributed by atoms with Crippen LogP contribution in [-0.2, 0) is 7.05 Å². The minimum absolute atomic E-state index is 0.971. The Morgan fingerprint density at radius 3 is 2.92 bits per heavy atom. The summed E-state index contributed by atoms with van der Waals surface area (Å²) in [6, 6.07) is 8.58. The zero-order chi connectivity index (χ0) is 9.26. The Bertz CT molecular complexity index is 415. The summed E-state index contributed by atoms with van der Waals surface area (Å²) in [5.74, 6) is 0. The number of anilines is 1. The number of fused-ring (bicyclic) bond motifs is 1. The zero-order valence-electron chi connectivity index (χ0n) is 8.04. The highest BCUT2D eigenvalue weighted by Crippen LogP contribution is 2.19. The van der Waals surface area contributed by atoms with Gasteiger partial charge in [-0.15, -0.1) is 0 Å². The van der Waals surface area contributed by atoms with Gasteiger partial charge in [0, 0.05) is 36.4 Å². The Labute approximate surface area is 78.2 Å². The first-order valence-electron chi connectivity index (χ1n) is 4.60. The van der Waals surface area contributed by atoms with Gasteiger partial charge >= 0.3 is 0 Å². The molecule has 0 radical (unpaired) electrons. The minimum atomic E-state index is 0.971. The molecule has 1 heterocycles. The van der Waals surface area contributed by atoms with Gasteiger partial charge in [0.1, 0.15) is 0 Å². The van der Waals surface area contributed by atoms with Crippen molar-refractivity contribution in [2.24, 2.45) is 7.05 Å². The van der Waals surface area contributed by atoms with E-state index in [-0.39, 0.29) is 0 Å². The molecule has 68 valence electrons. The van der Waals surface area contributed by atoms with E-state index in [1.165, 1.54) is 16.6 Å². The van der Waals surface area contributed by atoms with Gasteiger partial charge in [-0.25, -0.2) is 0 Å². The minimum Gasteiger partial charge on any atom is -0.385 e. The summed E-state index contributed by atoms with van der Waals surface area (Å²) < 4.78 is 2.13. The summed E-state index contributed by atoms with van der Waals surface area (Å²) in [5, 5.41) is 4.59. The molecule has 1 aromatic heterocycles. The van der Waals surface area contributed by atoms with Gasteiger partial charge in [0.25, 0.3) is 0 Å². The van der Waals surface area contributed by atoms with E-state index in [0.717, 1.165) is 6.54 Å². The van der Waals surface area contributed by atoms with Crippen LogP contribution >= 0.6 is 0 Å². The van der Waals surface area contributed by atoms with Crippen LogP contribution in [0.1, 0.15) is 6.92 Å². The van der Waals surface area contributed by atoms with Crippen LogP contribution in [-0.4, -0.2) is 11.1 Å². The molecular weight excluding hydrogens is 160 g/mol. The fourth-order valence-electron chi connectivity index (χ4n) is 1.60. The molecule has 0 aliphatic heterocycles. The SMILES string of the molecule is CCNc1ccc2c(ccn2C)c1. The second-order valence-corrected chi connectivity index (χ2v) is 3.23. The van der Waals surface area contributed by atoms with Crippen molar-refractivity contribution in [2.75, 3.05) is 11.9 Å². The molecule has 0 saturated carbocycles. The van der Waals surface area contributed by atoms with Crippen LogP contribution in [0.2, 0.25) is 0 Å². The van der Waals surface area contributed by atoms with Gasteiger partial charge in [-0.05, 0) is 31.2 Å². The van der Waals surface area contributed by atoms with Crippen molar-refractivity contribution in [3.63, 3.8) is 0 Å². The van der Waals surface area contributed by atoms with Crippen LogP contribution in [0.3, 0.4) is 0 Å². The summed E-state index contributed by atoms with van der Waals surface area (Å²) >= 11 is 0. The van der Waals surface area contributed by atoms with Crippen molar-refractivity contribution < 1.29 is 0 Å². The van der Waals surface area contributed by atoms with Gasteiger partial charge in [0.2, 0.25) is 0 Å². The molecule has 0 aliphatic rings. The van der Waals surface area contributed by atoms with Crippen molar-refractivity contribution in [3.05, 3.63) is 30.5 Å². The fourth-order valence-corrected chi connectivity index (χ4v) is 1.60. The highest BCUT2D eigenvalue weighted by molar-refractivity contribution is 5.83. The Kier molecular flexibility index (Phi) is 1.97. The third-order valence-corrected chi connectivity index (χ3v) is 2.27. The Balaban J connectivity index is 2.50. The average Bonchev–Trinajstić information content (AvgIpc) is 2.48. The zero-order valence-corrected chi connectivity index (χ0v) is 8.04. The Hall–Kier alpha value is -1.44. The summed E-state index contributed by atoms with van der Waals surface area (Å²) in [6.45, 7) is 3.08. The normalized spacial score (nSPS) is 10.6. The molecule has 1 aromatic carbocycles. The van der Waals surface area contributed by atoms with Gasteiger partial charge in [0.15, 0.2) is 0 Å². The molecule has 2 nitrogen and oxygen atoms in total. The largest absolute Gasteiger partial charge is 0.385 e. The van der Waals surface area contributed by atoms with Gasteiger partial charge in [-0.2, -0.15) is 0 Å². The number of aromatic nitrogens is 1. The Morgan fingerprint density at radius 2 is 2.15 bits per heavy atom. The third-order valence-electron chi connectivity index (χ3n) is 2.27. The lowest BCUT2D eigenvalue weighted by atomic mass is 10.2. The van der Waals surface area contributed by atoms with Crippen LogP contribution in [0, 0.1) is 0 Å². The van der Waals surface area contributed by atoms with Crippen LogP contribution in [0.25, 0.3) is 10.9 Å². The molecule has 2 rings (SSSR count). The molecule has 0 spiro atoms. The van der Waals surface area contributed by atoms with Crippen molar-refractivity contribution in [3.8, 4) is 0 Å². The number of hydrogen-bond acceptors (Lipinski definition) is 1. The predicted octanol–water partition coefficient (Wildman–Crippen LogP) is 2.61. The molecule has 2 aromatic rings. The highest BCUT2D eigenvalue weighted by Gasteiger charge is 1.97. The highest BCUT2D eigenvalue weighted by atomic mass is 14.9. The van der Waals surface area contributed by atoms with E-state index in [9.17, 15) is 0 Å². The lowest BCUT2D eigenvalue weighted by Crippen LogP contribution is -1.95. The van der Waals surface area contributed by atoms with Crippen LogP contribution in [0.15, 0.2) is 30.5 Å². The van der Waals surface area contributed by atoms with Crippen molar-refractivity contribution in [2.45, 2.75) is 6.92 Å². The average molecular weight is 174 g/mol. The van der Waals surface area contributed by atoms with Crippen LogP contribution < -0.4 is 5.32 Å². The summed E-state index contributed by atoms with van der Waals surface area (Å²) in [4.78, 5) is 0. The number of hydrogen-bond donors (Lipinski definition) is 1. The molecule has 0 amide bonds.